The molecule has 0 bridgehead atoms. The summed E-state index contributed by atoms with van der Waals surface area (Å²) in [7, 11) is 1.94. The molecule has 0 N–H and O–H groups in total. The summed E-state index contributed by atoms with van der Waals surface area (Å²) in [6, 6.07) is 11.6. The van der Waals surface area contributed by atoms with Gasteiger partial charge in [0, 0.05) is 13.6 Å². The lowest BCUT2D eigenvalue weighted by Gasteiger charge is -2.11. The second-order valence-corrected chi connectivity index (χ2v) is 4.94. The summed E-state index contributed by atoms with van der Waals surface area (Å²) in [6.45, 7) is 6.37. The van der Waals surface area contributed by atoms with Crippen LogP contribution in [0, 0.1) is 11.3 Å². The zero-order chi connectivity index (χ0) is 17.8. The molecule has 0 aliphatic rings. The zero-order valence-corrected chi connectivity index (χ0v) is 14.1. The van der Waals surface area contributed by atoms with E-state index in [-0.39, 0.29) is 12.2 Å². The average molecular weight is 322 g/mol. The van der Waals surface area contributed by atoms with Gasteiger partial charge in [-0.15, -0.1) is 6.58 Å². The molecule has 0 radical (unpaired) electrons. The Bertz CT molecular complexity index is 679. The third-order valence-electron chi connectivity index (χ3n) is 3.08. The van der Waals surface area contributed by atoms with Crippen LogP contribution < -0.4 is 0 Å². The molecule has 1 aromatic carbocycles. The number of benzene rings is 1. The minimum Gasteiger partial charge on any atom is -0.462 e. The number of esters is 1. The number of hydrogen-bond acceptors (Lipinski definition) is 4. The van der Waals surface area contributed by atoms with Crippen LogP contribution >= 0.6 is 0 Å². The van der Waals surface area contributed by atoms with Gasteiger partial charge in [0.15, 0.2) is 0 Å². The van der Waals surface area contributed by atoms with E-state index in [4.69, 9.17) is 10.00 Å². The summed E-state index contributed by atoms with van der Waals surface area (Å²) in [4.78, 5) is 13.7. The van der Waals surface area contributed by atoms with Crippen LogP contribution in [0.3, 0.4) is 0 Å². The van der Waals surface area contributed by atoms with Gasteiger partial charge in [-0.05, 0) is 36.4 Å². The lowest BCUT2D eigenvalue weighted by molar-refractivity contribution is -0.138. The number of hydrogen-bond donors (Lipinski definition) is 0. The van der Waals surface area contributed by atoms with E-state index in [1.54, 1.807) is 13.0 Å². The Balaban J connectivity index is 3.15. The van der Waals surface area contributed by atoms with Crippen molar-refractivity contribution in [1.82, 2.24) is 4.90 Å². The van der Waals surface area contributed by atoms with Crippen LogP contribution in [-0.2, 0) is 9.53 Å². The monoisotopic (exact) mass is 322 g/mol. The molecule has 0 fully saturated rings. The third kappa shape index (κ3) is 6.37. The molecular weight excluding hydrogens is 300 g/mol. The molecule has 0 spiro atoms. The maximum absolute atomic E-state index is 11.7. The number of carbonyl (C=O) groups excluding carboxylic acids is 1. The highest BCUT2D eigenvalue weighted by molar-refractivity contribution is 5.93. The Morgan fingerprint density at radius 3 is 2.62 bits per heavy atom. The Labute approximate surface area is 143 Å². The lowest BCUT2D eigenvalue weighted by Crippen LogP contribution is -2.09. The fourth-order valence-electron chi connectivity index (χ4n) is 1.88. The van der Waals surface area contributed by atoms with E-state index in [2.05, 4.69) is 6.58 Å². The van der Waals surface area contributed by atoms with E-state index < -0.39 is 5.97 Å². The Hall–Kier alpha value is -3.06. The van der Waals surface area contributed by atoms with Gasteiger partial charge in [0.2, 0.25) is 0 Å². The van der Waals surface area contributed by atoms with E-state index in [9.17, 15) is 4.79 Å². The van der Waals surface area contributed by atoms with Crippen LogP contribution in [0.1, 0.15) is 12.5 Å². The van der Waals surface area contributed by atoms with Crippen molar-refractivity contribution >= 4 is 11.5 Å². The highest BCUT2D eigenvalue weighted by atomic mass is 16.5. The van der Waals surface area contributed by atoms with Gasteiger partial charge < -0.3 is 9.64 Å². The summed E-state index contributed by atoms with van der Waals surface area (Å²) < 4.78 is 4.87. The van der Waals surface area contributed by atoms with Crippen molar-refractivity contribution in [3.63, 3.8) is 0 Å². The number of rotatable bonds is 8. The van der Waals surface area contributed by atoms with E-state index in [0.717, 1.165) is 17.7 Å². The van der Waals surface area contributed by atoms with Crippen molar-refractivity contribution in [2.75, 3.05) is 20.2 Å². The number of nitrogens with zero attached hydrogens (tertiary/aromatic N) is 2. The van der Waals surface area contributed by atoms with E-state index in [1.807, 2.05) is 66.7 Å². The fourth-order valence-corrected chi connectivity index (χ4v) is 1.88. The first kappa shape index (κ1) is 19.0. The van der Waals surface area contributed by atoms with Crippen molar-refractivity contribution in [3.05, 3.63) is 78.6 Å². The second kappa shape index (κ2) is 10.6. The molecule has 0 unspecified atom stereocenters. The first-order valence-corrected chi connectivity index (χ1v) is 7.66. The van der Waals surface area contributed by atoms with Crippen molar-refractivity contribution in [2.24, 2.45) is 0 Å². The van der Waals surface area contributed by atoms with E-state index in [1.165, 1.54) is 6.08 Å². The molecule has 0 saturated carbocycles. The molecule has 0 heterocycles. The first-order valence-electron chi connectivity index (χ1n) is 7.66. The van der Waals surface area contributed by atoms with Gasteiger partial charge in [0.25, 0.3) is 0 Å². The van der Waals surface area contributed by atoms with Gasteiger partial charge >= 0.3 is 5.97 Å². The molecule has 1 aromatic rings. The quantitative estimate of drug-likeness (QED) is 0.241. The molecule has 1 rings (SSSR count). The molecule has 0 aromatic heterocycles. The molecule has 124 valence electrons. The highest BCUT2D eigenvalue weighted by Crippen LogP contribution is 2.16. The smallest absolute Gasteiger partial charge is 0.348 e. The topological polar surface area (TPSA) is 53.3 Å². The van der Waals surface area contributed by atoms with Crippen molar-refractivity contribution in [2.45, 2.75) is 6.92 Å². The minimum atomic E-state index is -0.614. The molecule has 0 atom stereocenters. The summed E-state index contributed by atoms with van der Waals surface area (Å²) in [6.07, 6.45) is 8.88. The maximum atomic E-state index is 11.7. The maximum Gasteiger partial charge on any atom is 0.348 e. The molecule has 4 heteroatoms. The normalized spacial score (nSPS) is 11.9. The van der Waals surface area contributed by atoms with Crippen molar-refractivity contribution < 1.29 is 9.53 Å². The predicted molar refractivity (Wildman–Crippen MR) is 96.7 cm³/mol. The minimum absolute atomic E-state index is 0.0295. The zero-order valence-electron chi connectivity index (χ0n) is 14.1. The van der Waals surface area contributed by atoms with Crippen LogP contribution in [0.2, 0.25) is 0 Å². The molecule has 0 aliphatic carbocycles. The molecule has 0 saturated heterocycles. The van der Waals surface area contributed by atoms with Crippen molar-refractivity contribution in [1.29, 1.82) is 5.26 Å². The highest BCUT2D eigenvalue weighted by Gasteiger charge is 2.08. The second-order valence-electron chi connectivity index (χ2n) is 4.94. The standard InChI is InChI=1S/C20H22N2O2/c1-4-14-22(3)15-13-18(17-9-7-6-8-10-17)11-12-19(16-21)20(23)24-5-2/h4,6-13,15H,1,5,14H2,2-3H3/b15-13-,18-11-,19-12-. The third-order valence-corrected chi connectivity index (χ3v) is 3.08. The number of allylic oxidation sites excluding steroid dienone is 4. The summed E-state index contributed by atoms with van der Waals surface area (Å²) in [5, 5.41) is 9.11. The van der Waals surface area contributed by atoms with Gasteiger partial charge in [-0.1, -0.05) is 42.5 Å². The summed E-state index contributed by atoms with van der Waals surface area (Å²) in [5.41, 5.74) is 1.83. The Morgan fingerprint density at radius 1 is 1.33 bits per heavy atom. The number of nitriles is 1. The van der Waals surface area contributed by atoms with Crippen LogP contribution in [0.25, 0.3) is 5.57 Å². The van der Waals surface area contributed by atoms with Crippen LogP contribution in [-0.4, -0.2) is 31.1 Å². The molecule has 0 aliphatic heterocycles. The van der Waals surface area contributed by atoms with Gasteiger partial charge in [0.05, 0.1) is 6.61 Å². The number of ether oxygens (including phenoxy) is 1. The van der Waals surface area contributed by atoms with Gasteiger partial charge in [-0.2, -0.15) is 5.26 Å². The number of likely N-dealkylation sites (N-methyl/N-ethyl adjacent to an activating group) is 1. The number of carbonyl (C=O) groups is 1. The van der Waals surface area contributed by atoms with Gasteiger partial charge in [-0.25, -0.2) is 4.79 Å². The van der Waals surface area contributed by atoms with Gasteiger partial charge in [0.1, 0.15) is 11.6 Å². The first-order chi connectivity index (χ1) is 11.6. The van der Waals surface area contributed by atoms with Gasteiger partial charge in [-0.3, -0.25) is 0 Å². The molecule has 4 nitrogen and oxygen atoms in total. The predicted octanol–water partition coefficient (Wildman–Crippen LogP) is 3.71. The lowest BCUT2D eigenvalue weighted by atomic mass is 10.0. The summed E-state index contributed by atoms with van der Waals surface area (Å²) in [5.74, 6) is -0.614. The average Bonchev–Trinajstić information content (AvgIpc) is 2.59. The van der Waals surface area contributed by atoms with E-state index in [0.29, 0.717) is 0 Å². The molecular formula is C20H22N2O2. The van der Waals surface area contributed by atoms with Crippen molar-refractivity contribution in [3.8, 4) is 6.07 Å². The Kier molecular flexibility index (Phi) is 8.41. The fraction of sp³-hybridized carbons (Fsp3) is 0.200. The van der Waals surface area contributed by atoms with Crippen LogP contribution in [0.15, 0.2) is 73.0 Å². The SMILES string of the molecule is C=CCN(C)\C=C/C(=C/C=C(/C#N)C(=O)OCC)c1ccccc1. The van der Waals surface area contributed by atoms with Crippen LogP contribution in [0.4, 0.5) is 0 Å². The summed E-state index contributed by atoms with van der Waals surface area (Å²) >= 11 is 0. The molecule has 24 heavy (non-hydrogen) atoms. The largest absolute Gasteiger partial charge is 0.462 e. The van der Waals surface area contributed by atoms with Crippen LogP contribution in [0.5, 0.6) is 0 Å². The Morgan fingerprint density at radius 2 is 2.04 bits per heavy atom. The van der Waals surface area contributed by atoms with E-state index >= 15 is 0 Å². The molecule has 0 amide bonds.